The molecule has 0 aliphatic carbocycles. The summed E-state index contributed by atoms with van der Waals surface area (Å²) in [4.78, 5) is 0. The molecule has 0 N–H and O–H groups in total. The lowest BCUT2D eigenvalue weighted by atomic mass is 9.99. The molecule has 0 aliphatic heterocycles. The maximum Gasteiger partial charge on any atom is 0.103 e. The van der Waals surface area contributed by atoms with Crippen molar-refractivity contribution in [1.29, 1.82) is 0 Å². The number of rotatable bonds is 6. The van der Waals surface area contributed by atoms with E-state index in [-0.39, 0.29) is 9.52 Å². The maximum absolute atomic E-state index is 2.41. The van der Waals surface area contributed by atoms with Crippen molar-refractivity contribution in [1.82, 2.24) is 0 Å². The second-order valence-electron chi connectivity index (χ2n) is 6.96. The fourth-order valence-corrected chi connectivity index (χ4v) is 4.88. The summed E-state index contributed by atoms with van der Waals surface area (Å²) < 4.78 is 0. The van der Waals surface area contributed by atoms with Gasteiger partial charge in [-0.15, -0.1) is 0 Å². The molecule has 0 atom stereocenters. The summed E-state index contributed by atoms with van der Waals surface area (Å²) in [6, 6.07) is 39.6. The number of hydrogen-bond donors (Lipinski definition) is 0. The highest BCUT2D eigenvalue weighted by Crippen LogP contribution is 2.14. The number of hydrogen-bond acceptors (Lipinski definition) is 0. The number of benzene rings is 4. The smallest absolute Gasteiger partial charge is 0.0632 e. The minimum absolute atomic E-state index is 0.118. The lowest BCUT2D eigenvalue weighted by Gasteiger charge is -2.11. The molecule has 27 heavy (non-hydrogen) atoms. The molecule has 1 radical (unpaired) electrons. The molecule has 0 saturated heterocycles. The van der Waals surface area contributed by atoms with Crippen LogP contribution < -0.4 is 10.4 Å². The van der Waals surface area contributed by atoms with E-state index in [0.717, 1.165) is 12.8 Å². The van der Waals surface area contributed by atoms with E-state index in [4.69, 9.17) is 0 Å². The summed E-state index contributed by atoms with van der Waals surface area (Å²) in [6.07, 6.45) is 1.98. The Bertz CT molecular complexity index is 832. The van der Waals surface area contributed by atoms with Gasteiger partial charge < -0.3 is 0 Å². The van der Waals surface area contributed by atoms with Crippen molar-refractivity contribution in [2.24, 2.45) is 0 Å². The maximum atomic E-state index is 2.41. The zero-order chi connectivity index (χ0) is 18.3. The molecule has 0 amide bonds. The Morgan fingerprint density at radius 2 is 0.852 bits per heavy atom. The first-order chi connectivity index (χ1) is 13.3. The van der Waals surface area contributed by atoms with Crippen LogP contribution in [0.1, 0.15) is 22.3 Å². The average Bonchev–Trinajstić information content (AvgIpc) is 2.70. The van der Waals surface area contributed by atoms with Gasteiger partial charge in [0, 0.05) is 0 Å². The molecule has 0 nitrogen and oxygen atoms in total. The molecule has 0 bridgehead atoms. The van der Waals surface area contributed by atoms with Crippen LogP contribution in [0, 0.1) is 0 Å². The van der Waals surface area contributed by atoms with Gasteiger partial charge in [0.05, 0.1) is 0 Å². The van der Waals surface area contributed by atoms with E-state index in [1.54, 1.807) is 0 Å². The second-order valence-corrected chi connectivity index (χ2v) is 8.58. The minimum atomic E-state index is 0.118. The van der Waals surface area contributed by atoms with Gasteiger partial charge in [0.25, 0.3) is 0 Å². The lowest BCUT2D eigenvalue weighted by molar-refractivity contribution is 1.14. The van der Waals surface area contributed by atoms with Crippen molar-refractivity contribution in [3.63, 3.8) is 0 Å². The standard InChI is InChI=1S/C26H23Si/c1-4-10-21(11-5-1)16-23-18-24(17-22-12-6-2-7-13-22)20-26(19-23)27-25-14-8-3-9-15-25/h1-15,18-20,27H,16-17H2. The topological polar surface area (TPSA) is 0 Å². The summed E-state index contributed by atoms with van der Waals surface area (Å²) in [6.45, 7) is 0. The quantitative estimate of drug-likeness (QED) is 0.449. The van der Waals surface area contributed by atoms with E-state index in [9.17, 15) is 0 Å². The third-order valence-electron chi connectivity index (χ3n) is 4.71. The van der Waals surface area contributed by atoms with Crippen molar-refractivity contribution in [2.45, 2.75) is 12.8 Å². The third-order valence-corrected chi connectivity index (χ3v) is 6.09. The molecule has 0 aliphatic rings. The van der Waals surface area contributed by atoms with Crippen molar-refractivity contribution in [2.75, 3.05) is 0 Å². The van der Waals surface area contributed by atoms with Crippen molar-refractivity contribution < 1.29 is 0 Å². The molecule has 1 heteroatoms. The van der Waals surface area contributed by atoms with Crippen LogP contribution in [0.2, 0.25) is 0 Å². The molecule has 131 valence electrons. The molecule has 0 heterocycles. The fraction of sp³-hybridized carbons (Fsp3) is 0.0769. The van der Waals surface area contributed by atoms with Crippen LogP contribution in [-0.2, 0) is 12.8 Å². The van der Waals surface area contributed by atoms with Crippen molar-refractivity contribution in [3.8, 4) is 0 Å². The van der Waals surface area contributed by atoms with Gasteiger partial charge in [0.2, 0.25) is 0 Å². The van der Waals surface area contributed by atoms with Gasteiger partial charge in [-0.2, -0.15) is 0 Å². The average molecular weight is 364 g/mol. The van der Waals surface area contributed by atoms with Gasteiger partial charge in [-0.1, -0.05) is 120 Å². The van der Waals surface area contributed by atoms with Crippen LogP contribution in [0.5, 0.6) is 0 Å². The Morgan fingerprint density at radius 1 is 0.407 bits per heavy atom. The van der Waals surface area contributed by atoms with Gasteiger partial charge in [0.1, 0.15) is 9.52 Å². The summed E-state index contributed by atoms with van der Waals surface area (Å²) in [5.41, 5.74) is 5.56. The Kier molecular flexibility index (Phi) is 5.61. The summed E-state index contributed by atoms with van der Waals surface area (Å²) in [5.74, 6) is 0. The molecule has 0 unspecified atom stereocenters. The summed E-state index contributed by atoms with van der Waals surface area (Å²) >= 11 is 0. The Balaban J connectivity index is 1.64. The molecule has 0 saturated carbocycles. The zero-order valence-electron chi connectivity index (χ0n) is 15.4. The molecule has 4 rings (SSSR count). The summed E-state index contributed by atoms with van der Waals surface area (Å²) in [5, 5.41) is 2.92. The van der Waals surface area contributed by atoms with Gasteiger partial charge >= 0.3 is 0 Å². The van der Waals surface area contributed by atoms with E-state index >= 15 is 0 Å². The van der Waals surface area contributed by atoms with Crippen molar-refractivity contribution in [3.05, 3.63) is 131 Å². The van der Waals surface area contributed by atoms with Gasteiger partial charge in [-0.05, 0) is 35.1 Å². The predicted octanol–water partition coefficient (Wildman–Crippen LogP) is 4.26. The molecule has 0 aromatic heterocycles. The molecular weight excluding hydrogens is 340 g/mol. The molecule has 0 spiro atoms. The zero-order valence-corrected chi connectivity index (χ0v) is 16.5. The second kappa shape index (κ2) is 8.66. The minimum Gasteiger partial charge on any atom is -0.0632 e. The highest BCUT2D eigenvalue weighted by atomic mass is 28.2. The largest absolute Gasteiger partial charge is 0.103 e. The van der Waals surface area contributed by atoms with Crippen molar-refractivity contribution >= 4 is 19.9 Å². The highest BCUT2D eigenvalue weighted by molar-refractivity contribution is 6.67. The van der Waals surface area contributed by atoms with E-state index in [0.29, 0.717) is 0 Å². The van der Waals surface area contributed by atoms with Gasteiger partial charge in [0.15, 0.2) is 0 Å². The predicted molar refractivity (Wildman–Crippen MR) is 118 cm³/mol. The molecule has 0 fully saturated rings. The van der Waals surface area contributed by atoms with Crippen LogP contribution in [-0.4, -0.2) is 9.52 Å². The van der Waals surface area contributed by atoms with E-state index in [2.05, 4.69) is 109 Å². The van der Waals surface area contributed by atoms with Crippen LogP contribution in [0.3, 0.4) is 0 Å². The molecular formula is C26H23Si. The fourth-order valence-electron chi connectivity index (χ4n) is 3.48. The summed E-state index contributed by atoms with van der Waals surface area (Å²) in [7, 11) is 0.118. The first-order valence-corrected chi connectivity index (χ1v) is 10.6. The van der Waals surface area contributed by atoms with E-state index < -0.39 is 0 Å². The van der Waals surface area contributed by atoms with Crippen LogP contribution >= 0.6 is 0 Å². The molecule has 4 aromatic carbocycles. The highest BCUT2D eigenvalue weighted by Gasteiger charge is 2.06. The first-order valence-electron chi connectivity index (χ1n) is 9.46. The third kappa shape index (κ3) is 5.05. The van der Waals surface area contributed by atoms with E-state index in [1.807, 2.05) is 0 Å². The normalized spacial score (nSPS) is 10.7. The Hall–Kier alpha value is -2.90. The Labute approximate surface area is 164 Å². The molecule has 4 aromatic rings. The Morgan fingerprint density at radius 3 is 1.33 bits per heavy atom. The van der Waals surface area contributed by atoms with Gasteiger partial charge in [-0.25, -0.2) is 0 Å². The first kappa shape index (κ1) is 17.5. The lowest BCUT2D eigenvalue weighted by Crippen LogP contribution is -2.27. The van der Waals surface area contributed by atoms with Crippen LogP contribution in [0.4, 0.5) is 0 Å². The van der Waals surface area contributed by atoms with E-state index in [1.165, 1.54) is 32.6 Å². The SMILES string of the molecule is c1ccc(Cc2cc(Cc3ccccc3)cc([SiH]c3ccccc3)c2)cc1. The van der Waals surface area contributed by atoms with Crippen LogP contribution in [0.15, 0.2) is 109 Å². The monoisotopic (exact) mass is 363 g/mol. The van der Waals surface area contributed by atoms with Gasteiger partial charge in [-0.3, -0.25) is 0 Å². The van der Waals surface area contributed by atoms with Crippen LogP contribution in [0.25, 0.3) is 0 Å².